The highest BCUT2D eigenvalue weighted by molar-refractivity contribution is 6.31. The molecule has 0 bridgehead atoms. The third-order valence-electron chi connectivity index (χ3n) is 1.90. The highest BCUT2D eigenvalue weighted by Gasteiger charge is 2.05. The largest absolute Gasteiger partial charge is 0.409 e. The molecule has 0 aliphatic carbocycles. The lowest BCUT2D eigenvalue weighted by Crippen LogP contribution is -2.28. The van der Waals surface area contributed by atoms with E-state index in [9.17, 15) is 4.79 Å². The normalized spacial score (nSPS) is 11.2. The highest BCUT2D eigenvalue weighted by atomic mass is 35.5. The van der Waals surface area contributed by atoms with Crippen molar-refractivity contribution >= 4 is 23.3 Å². The lowest BCUT2D eigenvalue weighted by molar-refractivity contribution is -0.120. The van der Waals surface area contributed by atoms with E-state index in [1.54, 1.807) is 6.07 Å². The van der Waals surface area contributed by atoms with E-state index in [0.717, 1.165) is 5.56 Å². The number of hydrogen-bond donors (Lipinski definition) is 3. The third-order valence-corrected chi connectivity index (χ3v) is 2.27. The number of hydrogen-bond acceptors (Lipinski definition) is 3. The quantitative estimate of drug-likeness (QED) is 0.319. The molecule has 0 aliphatic rings. The van der Waals surface area contributed by atoms with Gasteiger partial charge >= 0.3 is 0 Å². The molecule has 0 saturated carbocycles. The number of benzene rings is 1. The second-order valence-electron chi connectivity index (χ2n) is 3.14. The molecule has 5 nitrogen and oxygen atoms in total. The van der Waals surface area contributed by atoms with Crippen LogP contribution in [0.2, 0.25) is 5.02 Å². The number of rotatable bonds is 4. The van der Waals surface area contributed by atoms with Gasteiger partial charge in [0, 0.05) is 11.6 Å². The fourth-order valence-corrected chi connectivity index (χ4v) is 1.30. The van der Waals surface area contributed by atoms with E-state index in [1.165, 1.54) is 0 Å². The molecule has 86 valence electrons. The van der Waals surface area contributed by atoms with Crippen molar-refractivity contribution in [3.8, 4) is 0 Å². The fraction of sp³-hybridized carbons (Fsp3) is 0.200. The predicted molar refractivity (Wildman–Crippen MR) is 61.3 cm³/mol. The standard InChI is InChI=1S/C10H12ClN3O2/c11-8-4-2-1-3-7(8)6-13-10(15)5-9(12)14-16/h1-4,16H,5-6H2,(H2,12,14)(H,13,15). The van der Waals surface area contributed by atoms with Gasteiger partial charge < -0.3 is 16.3 Å². The Kier molecular flexibility index (Phi) is 4.60. The Balaban J connectivity index is 2.46. The van der Waals surface area contributed by atoms with Gasteiger partial charge in [0.15, 0.2) is 0 Å². The van der Waals surface area contributed by atoms with Gasteiger partial charge in [0.2, 0.25) is 5.91 Å². The van der Waals surface area contributed by atoms with Crippen LogP contribution in [0.25, 0.3) is 0 Å². The van der Waals surface area contributed by atoms with Crippen molar-refractivity contribution in [2.24, 2.45) is 10.9 Å². The Morgan fingerprint density at radius 2 is 2.19 bits per heavy atom. The molecular weight excluding hydrogens is 230 g/mol. The minimum absolute atomic E-state index is 0.128. The summed E-state index contributed by atoms with van der Waals surface area (Å²) >= 11 is 5.90. The summed E-state index contributed by atoms with van der Waals surface area (Å²) in [7, 11) is 0. The van der Waals surface area contributed by atoms with Crippen LogP contribution in [0, 0.1) is 0 Å². The van der Waals surface area contributed by atoms with Crippen molar-refractivity contribution in [1.82, 2.24) is 5.32 Å². The number of nitrogens with one attached hydrogen (secondary N) is 1. The van der Waals surface area contributed by atoms with Crippen LogP contribution in [0.15, 0.2) is 29.4 Å². The summed E-state index contributed by atoms with van der Waals surface area (Å²) in [6, 6.07) is 7.19. The van der Waals surface area contributed by atoms with Gasteiger partial charge in [0.25, 0.3) is 0 Å². The average Bonchev–Trinajstić information content (AvgIpc) is 2.28. The van der Waals surface area contributed by atoms with Gasteiger partial charge in [-0.25, -0.2) is 0 Å². The van der Waals surface area contributed by atoms with E-state index in [2.05, 4.69) is 10.5 Å². The molecule has 6 heteroatoms. The maximum Gasteiger partial charge on any atom is 0.227 e. The highest BCUT2D eigenvalue weighted by Crippen LogP contribution is 2.14. The Labute approximate surface area is 97.9 Å². The van der Waals surface area contributed by atoms with E-state index in [1.807, 2.05) is 18.2 Å². The summed E-state index contributed by atoms with van der Waals surface area (Å²) in [5.41, 5.74) is 6.00. The molecule has 1 aromatic rings. The van der Waals surface area contributed by atoms with Crippen molar-refractivity contribution in [3.63, 3.8) is 0 Å². The van der Waals surface area contributed by atoms with E-state index in [-0.39, 0.29) is 18.2 Å². The number of carbonyl (C=O) groups excluding carboxylic acids is 1. The molecule has 1 aromatic carbocycles. The second kappa shape index (κ2) is 5.97. The third kappa shape index (κ3) is 3.78. The van der Waals surface area contributed by atoms with Crippen LogP contribution in [0.4, 0.5) is 0 Å². The molecule has 0 spiro atoms. The van der Waals surface area contributed by atoms with Gasteiger partial charge in [-0.3, -0.25) is 4.79 Å². The Morgan fingerprint density at radius 1 is 1.50 bits per heavy atom. The summed E-state index contributed by atoms with van der Waals surface area (Å²) in [6.07, 6.45) is -0.138. The smallest absolute Gasteiger partial charge is 0.227 e. The number of carbonyl (C=O) groups is 1. The van der Waals surface area contributed by atoms with E-state index in [4.69, 9.17) is 22.5 Å². The molecule has 1 rings (SSSR count). The molecule has 0 unspecified atom stereocenters. The summed E-state index contributed by atoms with van der Waals surface area (Å²) in [4.78, 5) is 11.3. The summed E-state index contributed by atoms with van der Waals surface area (Å²) in [5, 5.41) is 14.2. The first-order chi connectivity index (χ1) is 7.63. The molecular formula is C10H12ClN3O2. The summed E-state index contributed by atoms with van der Waals surface area (Å²) in [5.74, 6) is -0.452. The van der Waals surface area contributed by atoms with E-state index in [0.29, 0.717) is 11.6 Å². The van der Waals surface area contributed by atoms with Crippen molar-refractivity contribution in [2.45, 2.75) is 13.0 Å². The minimum Gasteiger partial charge on any atom is -0.409 e. The molecule has 1 amide bonds. The molecule has 4 N–H and O–H groups in total. The van der Waals surface area contributed by atoms with Gasteiger partial charge in [-0.05, 0) is 11.6 Å². The van der Waals surface area contributed by atoms with Crippen molar-refractivity contribution in [2.75, 3.05) is 0 Å². The van der Waals surface area contributed by atoms with Crippen LogP contribution in [0.3, 0.4) is 0 Å². The van der Waals surface area contributed by atoms with Crippen LogP contribution in [-0.2, 0) is 11.3 Å². The van der Waals surface area contributed by atoms with E-state index >= 15 is 0 Å². The van der Waals surface area contributed by atoms with Crippen molar-refractivity contribution in [3.05, 3.63) is 34.9 Å². The zero-order valence-electron chi connectivity index (χ0n) is 8.48. The van der Waals surface area contributed by atoms with Crippen LogP contribution in [0.1, 0.15) is 12.0 Å². The van der Waals surface area contributed by atoms with Crippen molar-refractivity contribution < 1.29 is 10.0 Å². The first-order valence-corrected chi connectivity index (χ1v) is 4.97. The molecule has 0 atom stereocenters. The number of halogens is 1. The number of amidine groups is 1. The Bertz CT molecular complexity index is 407. The molecule has 0 fully saturated rings. The summed E-state index contributed by atoms with van der Waals surface area (Å²) < 4.78 is 0. The monoisotopic (exact) mass is 241 g/mol. The molecule has 0 aromatic heterocycles. The average molecular weight is 242 g/mol. The number of oxime groups is 1. The van der Waals surface area contributed by atoms with Crippen LogP contribution >= 0.6 is 11.6 Å². The number of amides is 1. The van der Waals surface area contributed by atoms with Crippen LogP contribution in [-0.4, -0.2) is 17.0 Å². The van der Waals surface area contributed by atoms with Crippen LogP contribution in [0.5, 0.6) is 0 Å². The second-order valence-corrected chi connectivity index (χ2v) is 3.54. The predicted octanol–water partition coefficient (Wildman–Crippen LogP) is 1.09. The molecule has 0 heterocycles. The van der Waals surface area contributed by atoms with E-state index < -0.39 is 0 Å². The maximum atomic E-state index is 11.3. The fourth-order valence-electron chi connectivity index (χ4n) is 1.10. The van der Waals surface area contributed by atoms with Gasteiger partial charge in [-0.2, -0.15) is 0 Å². The number of nitrogens with two attached hydrogens (primary N) is 1. The van der Waals surface area contributed by atoms with Gasteiger partial charge in [0.05, 0.1) is 6.42 Å². The topological polar surface area (TPSA) is 87.7 Å². The van der Waals surface area contributed by atoms with Gasteiger partial charge in [-0.15, -0.1) is 0 Å². The summed E-state index contributed by atoms with van der Waals surface area (Å²) in [6.45, 7) is 0.317. The zero-order valence-corrected chi connectivity index (χ0v) is 9.24. The lowest BCUT2D eigenvalue weighted by atomic mass is 10.2. The van der Waals surface area contributed by atoms with Gasteiger partial charge in [-0.1, -0.05) is 35.0 Å². The maximum absolute atomic E-state index is 11.3. The first kappa shape index (κ1) is 12.3. The van der Waals surface area contributed by atoms with Crippen LogP contribution < -0.4 is 11.1 Å². The van der Waals surface area contributed by atoms with Gasteiger partial charge in [0.1, 0.15) is 5.84 Å². The molecule has 0 saturated heterocycles. The first-order valence-electron chi connectivity index (χ1n) is 4.60. The Hall–Kier alpha value is -1.75. The van der Waals surface area contributed by atoms with Crippen molar-refractivity contribution in [1.29, 1.82) is 0 Å². The number of nitrogens with zero attached hydrogens (tertiary/aromatic N) is 1. The Morgan fingerprint density at radius 3 is 2.81 bits per heavy atom. The lowest BCUT2D eigenvalue weighted by Gasteiger charge is -2.06. The zero-order chi connectivity index (χ0) is 12.0. The molecule has 0 radical (unpaired) electrons. The molecule has 0 aliphatic heterocycles. The minimum atomic E-state index is -0.324. The SMILES string of the molecule is N/C(CC(=O)NCc1ccccc1Cl)=N\O. The molecule has 16 heavy (non-hydrogen) atoms.